The largest absolute Gasteiger partial charge is 0.462 e. The van der Waals surface area contributed by atoms with Gasteiger partial charge in [-0.25, -0.2) is 4.79 Å². The predicted molar refractivity (Wildman–Crippen MR) is 144 cm³/mol. The molecule has 0 radical (unpaired) electrons. The molecule has 0 aromatic heterocycles. The fraction of sp³-hybridized carbons (Fsp3) is 0.516. The monoisotopic (exact) mass is 448 g/mol. The highest BCUT2D eigenvalue weighted by Crippen LogP contribution is 2.23. The van der Waals surface area contributed by atoms with Gasteiger partial charge in [0.25, 0.3) is 0 Å². The molecule has 2 aromatic rings. The van der Waals surface area contributed by atoms with E-state index in [0.29, 0.717) is 12.2 Å². The Balaban J connectivity index is 1.51. The molecule has 0 saturated carbocycles. The molecule has 0 aliphatic heterocycles. The fourth-order valence-corrected chi connectivity index (χ4v) is 4.25. The zero-order chi connectivity index (χ0) is 23.7. The minimum atomic E-state index is -0.313. The maximum absolute atomic E-state index is 12.4. The summed E-state index contributed by atoms with van der Waals surface area (Å²) in [5, 5.41) is 2.21. The van der Waals surface area contributed by atoms with E-state index < -0.39 is 0 Å². The molecule has 2 heteroatoms. The molecule has 0 spiro atoms. The van der Waals surface area contributed by atoms with E-state index in [4.69, 9.17) is 4.74 Å². The Labute approximate surface area is 202 Å². The average molecular weight is 449 g/mol. The first kappa shape index (κ1) is 26.9. The molecular formula is C31H44O2. The third-order valence-electron chi connectivity index (χ3n) is 6.43. The Bertz CT molecular complexity index is 864. The maximum atomic E-state index is 12.4. The summed E-state index contributed by atoms with van der Waals surface area (Å²) in [6.07, 6.45) is 20.3. The van der Waals surface area contributed by atoms with E-state index in [9.17, 15) is 4.79 Å². The van der Waals surface area contributed by atoms with Gasteiger partial charge in [-0.1, -0.05) is 134 Å². The van der Waals surface area contributed by atoms with Crippen molar-refractivity contribution >= 4 is 28.4 Å². The van der Waals surface area contributed by atoms with E-state index in [1.165, 1.54) is 77.0 Å². The van der Waals surface area contributed by atoms with Crippen molar-refractivity contribution in [3.63, 3.8) is 0 Å². The van der Waals surface area contributed by atoms with Crippen LogP contribution >= 0.6 is 0 Å². The van der Waals surface area contributed by atoms with Gasteiger partial charge in [0.1, 0.15) is 0 Å². The number of unbranched alkanes of at least 4 members (excludes halogenated alkanes) is 13. The summed E-state index contributed by atoms with van der Waals surface area (Å²) >= 11 is 0. The van der Waals surface area contributed by atoms with Gasteiger partial charge in [-0.3, -0.25) is 0 Å². The first-order valence-corrected chi connectivity index (χ1v) is 13.2. The van der Waals surface area contributed by atoms with E-state index in [1.54, 1.807) is 0 Å². The summed E-state index contributed by atoms with van der Waals surface area (Å²) in [5.74, 6) is -0.313. The smallest absolute Gasteiger partial charge is 0.338 e. The number of carbonyl (C=O) groups excluding carboxylic acids is 1. The Kier molecular flexibility index (Phi) is 13.3. The van der Waals surface area contributed by atoms with Crippen LogP contribution in [0.15, 0.2) is 49.6 Å². The number of esters is 1. The van der Waals surface area contributed by atoms with Crippen molar-refractivity contribution in [3.8, 4) is 0 Å². The first-order valence-electron chi connectivity index (χ1n) is 13.2. The van der Waals surface area contributed by atoms with Crippen LogP contribution in [-0.4, -0.2) is 12.6 Å². The third-order valence-corrected chi connectivity index (χ3v) is 6.43. The van der Waals surface area contributed by atoms with Gasteiger partial charge in [0.15, 0.2) is 0 Å². The van der Waals surface area contributed by atoms with Crippen LogP contribution in [0.4, 0.5) is 0 Å². The first-order chi connectivity index (χ1) is 16.2. The number of hydrogen-bond donors (Lipinski definition) is 0. The molecule has 33 heavy (non-hydrogen) atoms. The molecule has 0 aliphatic rings. The van der Waals surface area contributed by atoms with E-state index in [1.807, 2.05) is 36.4 Å². The van der Waals surface area contributed by atoms with Gasteiger partial charge in [0, 0.05) is 0 Å². The van der Waals surface area contributed by atoms with Crippen molar-refractivity contribution in [3.05, 3.63) is 60.7 Å². The van der Waals surface area contributed by atoms with Crippen molar-refractivity contribution in [2.45, 2.75) is 96.8 Å². The molecule has 180 valence electrons. The predicted octanol–water partition coefficient (Wildman–Crippen LogP) is 9.52. The molecule has 0 amide bonds. The molecule has 0 heterocycles. The van der Waals surface area contributed by atoms with Crippen LogP contribution < -0.4 is 0 Å². The molecule has 2 aromatic carbocycles. The van der Waals surface area contributed by atoms with Crippen LogP contribution in [0.25, 0.3) is 22.4 Å². The molecular weight excluding hydrogens is 404 g/mol. The maximum Gasteiger partial charge on any atom is 0.338 e. The van der Waals surface area contributed by atoms with E-state index >= 15 is 0 Å². The number of rotatable bonds is 18. The lowest BCUT2D eigenvalue weighted by molar-refractivity contribution is -0.136. The molecule has 0 N–H and O–H groups in total. The van der Waals surface area contributed by atoms with E-state index in [2.05, 4.69) is 26.1 Å². The van der Waals surface area contributed by atoms with Gasteiger partial charge in [-0.2, -0.15) is 0 Å². The molecule has 0 atom stereocenters. The van der Waals surface area contributed by atoms with Crippen LogP contribution in [-0.2, 0) is 9.53 Å². The average Bonchev–Trinajstić information content (AvgIpc) is 2.85. The number of ether oxygens (including phenoxy) is 1. The number of benzene rings is 2. The number of hydrogen-bond acceptors (Lipinski definition) is 2. The minimum absolute atomic E-state index is 0.313. The quantitative estimate of drug-likeness (QED) is 0.129. The highest BCUT2D eigenvalue weighted by Gasteiger charge is 2.11. The van der Waals surface area contributed by atoms with E-state index in [0.717, 1.165) is 34.7 Å². The zero-order valence-corrected chi connectivity index (χ0v) is 20.9. The highest BCUT2D eigenvalue weighted by atomic mass is 16.5. The summed E-state index contributed by atoms with van der Waals surface area (Å²) in [6, 6.07) is 12.1. The fourth-order valence-electron chi connectivity index (χ4n) is 4.25. The highest BCUT2D eigenvalue weighted by molar-refractivity contribution is 6.16. The Hall–Kier alpha value is -2.35. The Morgan fingerprint density at radius 3 is 1.85 bits per heavy atom. The lowest BCUT2D eigenvalue weighted by atomic mass is 10.0. The van der Waals surface area contributed by atoms with Crippen molar-refractivity contribution in [1.82, 2.24) is 0 Å². The van der Waals surface area contributed by atoms with Gasteiger partial charge in [-0.05, 0) is 40.5 Å². The van der Waals surface area contributed by atoms with Gasteiger partial charge in [0.2, 0.25) is 0 Å². The van der Waals surface area contributed by atoms with Crippen molar-refractivity contribution < 1.29 is 9.53 Å². The van der Waals surface area contributed by atoms with Crippen molar-refractivity contribution in [2.75, 3.05) is 6.61 Å². The molecule has 0 saturated heterocycles. The second-order valence-corrected chi connectivity index (χ2v) is 9.24. The second-order valence-electron chi connectivity index (χ2n) is 9.24. The Morgan fingerprint density at radius 2 is 1.27 bits per heavy atom. The molecule has 0 bridgehead atoms. The molecule has 0 unspecified atom stereocenters. The molecule has 0 aliphatic carbocycles. The van der Waals surface area contributed by atoms with E-state index in [-0.39, 0.29) is 5.97 Å². The summed E-state index contributed by atoms with van der Waals surface area (Å²) in [4.78, 5) is 12.4. The van der Waals surface area contributed by atoms with Crippen LogP contribution in [0.5, 0.6) is 0 Å². The zero-order valence-electron chi connectivity index (χ0n) is 20.9. The Morgan fingerprint density at radius 1 is 0.758 bits per heavy atom. The van der Waals surface area contributed by atoms with Crippen molar-refractivity contribution in [2.24, 2.45) is 0 Å². The van der Waals surface area contributed by atoms with Crippen molar-refractivity contribution in [1.29, 1.82) is 0 Å². The second kappa shape index (κ2) is 16.3. The summed E-state index contributed by atoms with van der Waals surface area (Å²) < 4.78 is 5.46. The topological polar surface area (TPSA) is 26.3 Å². The standard InChI is InChI=1S/C31H44O2/c1-4-6-7-8-9-10-11-12-13-14-15-16-17-18-23-33-31(32)26(3)28-21-22-29-24-27(5-2)19-20-30(29)25-28/h5,19-22,24-25H,2-4,6-18,23H2,1H3. The van der Waals surface area contributed by atoms with Crippen LogP contribution in [0, 0.1) is 0 Å². The summed E-state index contributed by atoms with van der Waals surface area (Å²) in [5.41, 5.74) is 2.33. The van der Waals surface area contributed by atoms with Crippen LogP contribution in [0.2, 0.25) is 0 Å². The minimum Gasteiger partial charge on any atom is -0.462 e. The van der Waals surface area contributed by atoms with Crippen LogP contribution in [0.3, 0.4) is 0 Å². The molecule has 2 nitrogen and oxygen atoms in total. The summed E-state index contributed by atoms with van der Waals surface area (Å²) in [6.45, 7) is 10.5. The lowest BCUT2D eigenvalue weighted by Crippen LogP contribution is -2.07. The van der Waals surface area contributed by atoms with Crippen LogP contribution in [0.1, 0.15) is 108 Å². The SMILES string of the molecule is C=Cc1ccc2cc(C(=C)C(=O)OCCCCCCCCCCCCCCCC)ccc2c1. The summed E-state index contributed by atoms with van der Waals surface area (Å²) in [7, 11) is 0. The lowest BCUT2D eigenvalue weighted by Gasteiger charge is -2.09. The van der Waals surface area contributed by atoms with Gasteiger partial charge in [-0.15, -0.1) is 0 Å². The number of fused-ring (bicyclic) bond motifs is 1. The van der Waals surface area contributed by atoms with Gasteiger partial charge >= 0.3 is 5.97 Å². The molecule has 0 fully saturated rings. The normalized spacial score (nSPS) is 10.9. The molecule has 2 rings (SSSR count). The van der Waals surface area contributed by atoms with Gasteiger partial charge < -0.3 is 4.74 Å². The third kappa shape index (κ3) is 10.4. The number of carbonyl (C=O) groups is 1. The van der Waals surface area contributed by atoms with Gasteiger partial charge in [0.05, 0.1) is 12.2 Å².